The second-order valence-corrected chi connectivity index (χ2v) is 11.0. The van der Waals surface area contributed by atoms with Gasteiger partial charge in [0.2, 0.25) is 0 Å². The number of fused-ring (bicyclic) bond motifs is 5. The minimum Gasteiger partial charge on any atom is -0.393 e. The Kier molecular flexibility index (Phi) is 2.29. The molecule has 136 valence electrons. The molecule has 3 nitrogen and oxygen atoms in total. The molecule has 0 amide bonds. The fourth-order valence-electron chi connectivity index (χ4n) is 8.75. The molecule has 1 spiro atoms. The lowest BCUT2D eigenvalue weighted by Crippen LogP contribution is -2.63. The van der Waals surface area contributed by atoms with Crippen molar-refractivity contribution in [3.63, 3.8) is 0 Å². The van der Waals surface area contributed by atoms with Crippen LogP contribution >= 0.6 is 0 Å². The molecule has 7 rings (SSSR count). The van der Waals surface area contributed by atoms with E-state index in [-0.39, 0.29) is 22.7 Å². The number of allylic oxidation sites excluding steroid dienone is 1. The van der Waals surface area contributed by atoms with Gasteiger partial charge in [0.1, 0.15) is 0 Å². The first-order chi connectivity index (χ1) is 11.9. The molecule has 2 saturated heterocycles. The summed E-state index contributed by atoms with van der Waals surface area (Å²) in [5.74, 6) is 1.55. The molecular weight excluding hydrogens is 312 g/mol. The van der Waals surface area contributed by atoms with E-state index in [0.29, 0.717) is 35.4 Å². The first kappa shape index (κ1) is 14.6. The summed E-state index contributed by atoms with van der Waals surface area (Å²) in [5, 5.41) is 10.2. The van der Waals surface area contributed by atoms with Crippen LogP contribution in [0, 0.1) is 34.0 Å². The summed E-state index contributed by atoms with van der Waals surface area (Å²) in [4.78, 5) is 0. The lowest BCUT2D eigenvalue weighted by molar-refractivity contribution is -0.386. The Balaban J connectivity index is 1.33. The third-order valence-electron chi connectivity index (χ3n) is 10.3. The van der Waals surface area contributed by atoms with Crippen molar-refractivity contribution in [3.05, 3.63) is 11.6 Å². The summed E-state index contributed by atoms with van der Waals surface area (Å²) in [5.41, 5.74) is 2.46. The van der Waals surface area contributed by atoms with Crippen molar-refractivity contribution >= 4 is 0 Å². The van der Waals surface area contributed by atoms with Crippen LogP contribution in [0.4, 0.5) is 0 Å². The van der Waals surface area contributed by atoms with E-state index in [1.807, 2.05) is 0 Å². The van der Waals surface area contributed by atoms with E-state index in [1.165, 1.54) is 31.3 Å². The molecule has 7 unspecified atom stereocenters. The van der Waals surface area contributed by atoms with Crippen LogP contribution in [0.1, 0.15) is 65.2 Å². The fourth-order valence-corrected chi connectivity index (χ4v) is 8.75. The standard InChI is InChI=1S/C22H30O3/c1-19-7-5-13(23)11-12(19)3-4-15-14(19)6-8-20(2)16-17-21(9-10-21)18(16)25-22(15,20)24-17/h3,13-18,23H,4-11H2,1-2H3. The maximum Gasteiger partial charge on any atom is 0.178 e. The Hall–Kier alpha value is -0.380. The van der Waals surface area contributed by atoms with Gasteiger partial charge in [-0.05, 0) is 62.7 Å². The van der Waals surface area contributed by atoms with Crippen LogP contribution < -0.4 is 0 Å². The Morgan fingerprint density at radius 3 is 2.48 bits per heavy atom. The average Bonchev–Trinajstić information content (AvgIpc) is 3.34. The smallest absolute Gasteiger partial charge is 0.178 e. The van der Waals surface area contributed by atoms with Gasteiger partial charge in [0.05, 0.1) is 18.3 Å². The van der Waals surface area contributed by atoms with Gasteiger partial charge in [0.15, 0.2) is 5.79 Å². The summed E-state index contributed by atoms with van der Waals surface area (Å²) >= 11 is 0. The normalized spacial score (nSPS) is 64.8. The SMILES string of the molecule is CC12CCC(O)CC1=CCC1C2CCC2(C)C3C4OC12OC3C41CC1. The van der Waals surface area contributed by atoms with Gasteiger partial charge in [0, 0.05) is 22.7 Å². The third-order valence-corrected chi connectivity index (χ3v) is 10.3. The van der Waals surface area contributed by atoms with Crippen molar-refractivity contribution in [2.24, 2.45) is 34.0 Å². The zero-order valence-electron chi connectivity index (χ0n) is 15.5. The Morgan fingerprint density at radius 1 is 1.00 bits per heavy atom. The molecule has 5 aliphatic carbocycles. The van der Waals surface area contributed by atoms with Crippen LogP contribution in [-0.2, 0) is 9.47 Å². The lowest BCUT2D eigenvalue weighted by Gasteiger charge is -2.60. The number of ether oxygens (including phenoxy) is 2. The molecule has 0 aromatic heterocycles. The number of hydrogen-bond acceptors (Lipinski definition) is 3. The number of aliphatic hydroxyl groups excluding tert-OH is 1. The van der Waals surface area contributed by atoms with Gasteiger partial charge >= 0.3 is 0 Å². The summed E-state index contributed by atoms with van der Waals surface area (Å²) in [6.07, 6.45) is 12.7. The van der Waals surface area contributed by atoms with Crippen molar-refractivity contribution in [1.82, 2.24) is 0 Å². The third kappa shape index (κ3) is 1.29. The van der Waals surface area contributed by atoms with Gasteiger partial charge in [-0.1, -0.05) is 25.5 Å². The van der Waals surface area contributed by atoms with Crippen molar-refractivity contribution in [1.29, 1.82) is 0 Å². The van der Waals surface area contributed by atoms with Crippen molar-refractivity contribution < 1.29 is 14.6 Å². The maximum absolute atomic E-state index is 10.2. The summed E-state index contributed by atoms with van der Waals surface area (Å²) in [6, 6.07) is 0. The molecule has 0 aromatic rings. The number of rotatable bonds is 0. The minimum atomic E-state index is -0.301. The van der Waals surface area contributed by atoms with Crippen LogP contribution in [0.15, 0.2) is 11.6 Å². The molecule has 7 aliphatic rings. The Morgan fingerprint density at radius 2 is 1.76 bits per heavy atom. The molecule has 1 N–H and O–H groups in total. The average molecular weight is 342 g/mol. The minimum absolute atomic E-state index is 0.125. The fraction of sp³-hybridized carbons (Fsp3) is 0.909. The van der Waals surface area contributed by atoms with Crippen LogP contribution in [-0.4, -0.2) is 29.2 Å². The second kappa shape index (κ2) is 3.91. The summed E-state index contributed by atoms with van der Waals surface area (Å²) < 4.78 is 13.8. The monoisotopic (exact) mass is 342 g/mol. The zero-order valence-corrected chi connectivity index (χ0v) is 15.5. The van der Waals surface area contributed by atoms with E-state index in [0.717, 1.165) is 25.7 Å². The quantitative estimate of drug-likeness (QED) is 0.681. The molecule has 2 aliphatic heterocycles. The topological polar surface area (TPSA) is 38.7 Å². The van der Waals surface area contributed by atoms with Crippen LogP contribution in [0.3, 0.4) is 0 Å². The Labute approximate surface area is 150 Å². The van der Waals surface area contributed by atoms with Gasteiger partial charge in [0.25, 0.3) is 0 Å². The number of aliphatic hydroxyl groups is 1. The molecule has 0 aromatic carbocycles. The summed E-state index contributed by atoms with van der Waals surface area (Å²) in [6.45, 7) is 4.97. The molecule has 7 atom stereocenters. The van der Waals surface area contributed by atoms with Gasteiger partial charge in [-0.15, -0.1) is 0 Å². The Bertz CT molecular complexity index is 692. The highest BCUT2D eigenvalue weighted by molar-refractivity contribution is 5.35. The van der Waals surface area contributed by atoms with Gasteiger partial charge < -0.3 is 14.6 Å². The molecule has 0 radical (unpaired) electrons. The predicted molar refractivity (Wildman–Crippen MR) is 92.6 cm³/mol. The van der Waals surface area contributed by atoms with Crippen molar-refractivity contribution in [2.75, 3.05) is 0 Å². The van der Waals surface area contributed by atoms with Gasteiger partial charge in [-0.2, -0.15) is 0 Å². The van der Waals surface area contributed by atoms with Crippen LogP contribution in [0.2, 0.25) is 0 Å². The highest BCUT2D eigenvalue weighted by Crippen LogP contribution is 2.84. The van der Waals surface area contributed by atoms with Crippen molar-refractivity contribution in [3.8, 4) is 0 Å². The molecule has 3 heteroatoms. The lowest BCUT2D eigenvalue weighted by atomic mass is 9.46. The predicted octanol–water partition coefficient (Wildman–Crippen LogP) is 3.80. The van der Waals surface area contributed by atoms with E-state index in [1.54, 1.807) is 0 Å². The van der Waals surface area contributed by atoms with E-state index in [4.69, 9.17) is 9.47 Å². The molecular formula is C22H30O3. The van der Waals surface area contributed by atoms with E-state index >= 15 is 0 Å². The van der Waals surface area contributed by atoms with E-state index in [9.17, 15) is 5.11 Å². The molecule has 25 heavy (non-hydrogen) atoms. The molecule has 2 bridgehead atoms. The summed E-state index contributed by atoms with van der Waals surface area (Å²) in [7, 11) is 0. The number of hydrogen-bond donors (Lipinski definition) is 1. The molecule has 2 heterocycles. The highest BCUT2D eigenvalue weighted by atomic mass is 16.7. The van der Waals surface area contributed by atoms with Crippen LogP contribution in [0.5, 0.6) is 0 Å². The second-order valence-electron chi connectivity index (χ2n) is 11.0. The van der Waals surface area contributed by atoms with Crippen LogP contribution in [0.25, 0.3) is 0 Å². The maximum atomic E-state index is 10.2. The molecule has 4 saturated carbocycles. The van der Waals surface area contributed by atoms with E-state index < -0.39 is 0 Å². The highest BCUT2D eigenvalue weighted by Gasteiger charge is 2.89. The van der Waals surface area contributed by atoms with E-state index in [2.05, 4.69) is 19.9 Å². The zero-order chi connectivity index (χ0) is 16.8. The molecule has 6 fully saturated rings. The van der Waals surface area contributed by atoms with Gasteiger partial charge in [-0.3, -0.25) is 0 Å². The first-order valence-electron chi connectivity index (χ1n) is 10.7. The van der Waals surface area contributed by atoms with Gasteiger partial charge in [-0.25, -0.2) is 0 Å². The van der Waals surface area contributed by atoms with Crippen molar-refractivity contribution in [2.45, 2.75) is 89.3 Å². The first-order valence-corrected chi connectivity index (χ1v) is 10.7. The largest absolute Gasteiger partial charge is 0.393 e.